The molecule has 4 heteroatoms. The van der Waals surface area contributed by atoms with Gasteiger partial charge in [0.2, 0.25) is 5.91 Å². The lowest BCUT2D eigenvalue weighted by Crippen LogP contribution is -2.48. The molecule has 15 heavy (non-hydrogen) atoms. The highest BCUT2D eigenvalue weighted by molar-refractivity contribution is 5.83. The summed E-state index contributed by atoms with van der Waals surface area (Å²) in [4.78, 5) is 14.0. The van der Waals surface area contributed by atoms with E-state index in [1.807, 2.05) is 4.90 Å². The van der Waals surface area contributed by atoms with Gasteiger partial charge in [0.25, 0.3) is 0 Å². The fraction of sp³-hybridized carbons (Fsp3) is 0.909. The lowest BCUT2D eigenvalue weighted by molar-refractivity contribution is -0.135. The van der Waals surface area contributed by atoms with Gasteiger partial charge in [-0.05, 0) is 31.7 Å². The number of hydrogen-bond donors (Lipinski definition) is 2. The van der Waals surface area contributed by atoms with Gasteiger partial charge in [-0.25, -0.2) is 0 Å². The van der Waals surface area contributed by atoms with Gasteiger partial charge in [-0.15, -0.1) is 0 Å². The van der Waals surface area contributed by atoms with Crippen LogP contribution in [0.3, 0.4) is 0 Å². The predicted octanol–water partition coefficient (Wildman–Crippen LogP) is -0.0323. The zero-order chi connectivity index (χ0) is 10.8. The first kappa shape index (κ1) is 10.9. The Morgan fingerprint density at radius 3 is 2.93 bits per heavy atom. The Labute approximate surface area is 90.6 Å². The molecule has 4 nitrogen and oxygen atoms in total. The molecule has 2 fully saturated rings. The third-order valence-electron chi connectivity index (χ3n) is 3.67. The number of nitrogens with one attached hydrogen (secondary N) is 1. The standard InChI is InChI=1S/C11H20N2O2/c1-8-4-5-12-10(8)11(15)13-6-2-3-9(13)7-14/h8-10,12,14H,2-7H2,1H3. The molecule has 0 bridgehead atoms. The largest absolute Gasteiger partial charge is 0.394 e. The average molecular weight is 212 g/mol. The molecular formula is C11H20N2O2. The molecule has 0 aromatic carbocycles. The third-order valence-corrected chi connectivity index (χ3v) is 3.67. The molecule has 0 saturated carbocycles. The summed E-state index contributed by atoms with van der Waals surface area (Å²) >= 11 is 0. The molecule has 3 unspecified atom stereocenters. The molecule has 1 amide bonds. The van der Waals surface area contributed by atoms with Crippen LogP contribution >= 0.6 is 0 Å². The van der Waals surface area contributed by atoms with Crippen molar-refractivity contribution in [1.82, 2.24) is 10.2 Å². The van der Waals surface area contributed by atoms with E-state index in [9.17, 15) is 9.90 Å². The summed E-state index contributed by atoms with van der Waals surface area (Å²) in [6, 6.07) is 0.0456. The summed E-state index contributed by atoms with van der Waals surface area (Å²) in [5, 5.41) is 12.4. The minimum absolute atomic E-state index is 0.0165. The molecule has 0 aliphatic carbocycles. The van der Waals surface area contributed by atoms with E-state index in [4.69, 9.17) is 0 Å². The van der Waals surface area contributed by atoms with Crippen molar-refractivity contribution in [3.8, 4) is 0 Å². The van der Waals surface area contributed by atoms with E-state index in [-0.39, 0.29) is 24.6 Å². The quantitative estimate of drug-likeness (QED) is 0.676. The number of carbonyl (C=O) groups is 1. The molecule has 2 saturated heterocycles. The normalized spacial score (nSPS) is 36.1. The average Bonchev–Trinajstić information content (AvgIpc) is 2.84. The maximum absolute atomic E-state index is 12.2. The Kier molecular flexibility index (Phi) is 3.26. The lowest BCUT2D eigenvalue weighted by Gasteiger charge is -2.27. The first-order valence-corrected chi connectivity index (χ1v) is 5.88. The van der Waals surface area contributed by atoms with E-state index in [0.717, 1.165) is 32.4 Å². The highest BCUT2D eigenvalue weighted by Gasteiger charge is 2.36. The van der Waals surface area contributed by atoms with Crippen molar-refractivity contribution in [3.05, 3.63) is 0 Å². The maximum Gasteiger partial charge on any atom is 0.240 e. The van der Waals surface area contributed by atoms with Crippen LogP contribution in [-0.2, 0) is 4.79 Å². The summed E-state index contributed by atoms with van der Waals surface area (Å²) in [6.07, 6.45) is 3.05. The molecule has 2 rings (SSSR count). The van der Waals surface area contributed by atoms with Gasteiger partial charge in [-0.3, -0.25) is 4.79 Å². The Balaban J connectivity index is 2.00. The van der Waals surface area contributed by atoms with E-state index in [1.54, 1.807) is 0 Å². The molecule has 2 aliphatic rings. The fourth-order valence-electron chi connectivity index (χ4n) is 2.66. The van der Waals surface area contributed by atoms with Crippen LogP contribution in [0, 0.1) is 5.92 Å². The number of carbonyl (C=O) groups excluding carboxylic acids is 1. The molecular weight excluding hydrogens is 192 g/mol. The molecule has 0 radical (unpaired) electrons. The van der Waals surface area contributed by atoms with E-state index >= 15 is 0 Å². The summed E-state index contributed by atoms with van der Waals surface area (Å²) in [5.74, 6) is 0.619. The first-order chi connectivity index (χ1) is 7.24. The van der Waals surface area contributed by atoms with Gasteiger partial charge in [-0.2, -0.15) is 0 Å². The van der Waals surface area contributed by atoms with Crippen LogP contribution in [0.4, 0.5) is 0 Å². The van der Waals surface area contributed by atoms with Crippen LogP contribution in [0.5, 0.6) is 0 Å². The summed E-state index contributed by atoms with van der Waals surface area (Å²) in [7, 11) is 0. The van der Waals surface area contributed by atoms with E-state index in [2.05, 4.69) is 12.2 Å². The number of hydrogen-bond acceptors (Lipinski definition) is 3. The summed E-state index contributed by atoms with van der Waals surface area (Å²) in [5.41, 5.74) is 0. The number of nitrogens with zero attached hydrogens (tertiary/aromatic N) is 1. The molecule has 2 aliphatic heterocycles. The van der Waals surface area contributed by atoms with Crippen LogP contribution < -0.4 is 5.32 Å². The van der Waals surface area contributed by atoms with Crippen LogP contribution in [0.15, 0.2) is 0 Å². The lowest BCUT2D eigenvalue weighted by atomic mass is 10.0. The van der Waals surface area contributed by atoms with E-state index in [1.165, 1.54) is 0 Å². The van der Waals surface area contributed by atoms with Crippen LogP contribution in [0.2, 0.25) is 0 Å². The van der Waals surface area contributed by atoms with Crippen LogP contribution in [0.25, 0.3) is 0 Å². The van der Waals surface area contributed by atoms with Gasteiger partial charge in [0, 0.05) is 6.54 Å². The first-order valence-electron chi connectivity index (χ1n) is 5.88. The second-order valence-electron chi connectivity index (χ2n) is 4.71. The molecule has 0 spiro atoms. The maximum atomic E-state index is 12.2. The third kappa shape index (κ3) is 2.01. The van der Waals surface area contributed by atoms with Crippen molar-refractivity contribution >= 4 is 5.91 Å². The number of likely N-dealkylation sites (tertiary alicyclic amines) is 1. The van der Waals surface area contributed by atoms with Gasteiger partial charge in [-0.1, -0.05) is 6.92 Å². The molecule has 86 valence electrons. The van der Waals surface area contributed by atoms with Crippen molar-refractivity contribution in [2.24, 2.45) is 5.92 Å². The van der Waals surface area contributed by atoms with Gasteiger partial charge >= 0.3 is 0 Å². The van der Waals surface area contributed by atoms with Gasteiger partial charge in [0.1, 0.15) is 0 Å². The molecule has 0 aromatic heterocycles. The zero-order valence-electron chi connectivity index (χ0n) is 9.28. The predicted molar refractivity (Wildman–Crippen MR) is 57.4 cm³/mol. The summed E-state index contributed by atoms with van der Waals surface area (Å²) in [6.45, 7) is 3.98. The second-order valence-corrected chi connectivity index (χ2v) is 4.71. The number of aliphatic hydroxyl groups excluding tert-OH is 1. The monoisotopic (exact) mass is 212 g/mol. The Hall–Kier alpha value is -0.610. The van der Waals surface area contributed by atoms with Crippen molar-refractivity contribution in [2.45, 2.75) is 38.3 Å². The zero-order valence-corrected chi connectivity index (χ0v) is 9.28. The van der Waals surface area contributed by atoms with Crippen molar-refractivity contribution < 1.29 is 9.90 Å². The van der Waals surface area contributed by atoms with E-state index < -0.39 is 0 Å². The minimum atomic E-state index is -0.0165. The molecule has 2 N–H and O–H groups in total. The van der Waals surface area contributed by atoms with Gasteiger partial charge in [0.15, 0.2) is 0 Å². The number of aliphatic hydroxyl groups is 1. The Bertz CT molecular complexity index is 245. The molecule has 0 aromatic rings. The van der Waals surface area contributed by atoms with Crippen molar-refractivity contribution in [3.63, 3.8) is 0 Å². The Morgan fingerprint density at radius 1 is 1.53 bits per heavy atom. The van der Waals surface area contributed by atoms with Crippen LogP contribution in [-0.4, -0.2) is 47.7 Å². The van der Waals surface area contributed by atoms with Crippen molar-refractivity contribution in [1.29, 1.82) is 0 Å². The Morgan fingerprint density at radius 2 is 2.33 bits per heavy atom. The second kappa shape index (κ2) is 4.49. The number of rotatable bonds is 2. The molecule has 2 heterocycles. The van der Waals surface area contributed by atoms with Crippen LogP contribution in [0.1, 0.15) is 26.2 Å². The minimum Gasteiger partial charge on any atom is -0.394 e. The molecule has 3 atom stereocenters. The van der Waals surface area contributed by atoms with Gasteiger partial charge < -0.3 is 15.3 Å². The van der Waals surface area contributed by atoms with Crippen molar-refractivity contribution in [2.75, 3.05) is 19.7 Å². The van der Waals surface area contributed by atoms with E-state index in [0.29, 0.717) is 5.92 Å². The smallest absolute Gasteiger partial charge is 0.240 e. The summed E-state index contributed by atoms with van der Waals surface area (Å²) < 4.78 is 0. The topological polar surface area (TPSA) is 52.6 Å². The SMILES string of the molecule is CC1CCNC1C(=O)N1CCCC1CO. The fourth-order valence-corrected chi connectivity index (χ4v) is 2.66. The highest BCUT2D eigenvalue weighted by atomic mass is 16.3. The highest BCUT2D eigenvalue weighted by Crippen LogP contribution is 2.22. The number of amides is 1. The van der Waals surface area contributed by atoms with Gasteiger partial charge in [0.05, 0.1) is 18.7 Å².